The molecule has 2 aromatic rings. The standard InChI is InChI=1S/C18H14ClN3O/c1-11-14(10-12-5-4-6-13(19)9-12)17(23)21-18-20-15-7-2-3-8-16(15)22(11)18/h2-9,16H,10H2,1H3. The van der Waals surface area contributed by atoms with E-state index in [1.807, 2.05) is 54.0 Å². The van der Waals surface area contributed by atoms with Crippen LogP contribution in [0.2, 0.25) is 5.02 Å². The number of allylic oxidation sites excluding steroid dienone is 4. The van der Waals surface area contributed by atoms with E-state index >= 15 is 0 Å². The summed E-state index contributed by atoms with van der Waals surface area (Å²) in [5, 5.41) is 0.667. The summed E-state index contributed by atoms with van der Waals surface area (Å²) in [6, 6.07) is 7.59. The Morgan fingerprint density at radius 1 is 1.30 bits per heavy atom. The maximum Gasteiger partial charge on any atom is 0.278 e. The summed E-state index contributed by atoms with van der Waals surface area (Å²) in [7, 11) is 0. The molecule has 2 heterocycles. The van der Waals surface area contributed by atoms with Crippen molar-refractivity contribution >= 4 is 23.3 Å². The lowest BCUT2D eigenvalue weighted by atomic mass is 10.0. The lowest BCUT2D eigenvalue weighted by Crippen LogP contribution is -2.23. The average molecular weight is 324 g/mol. The van der Waals surface area contributed by atoms with Crippen LogP contribution in [-0.2, 0) is 6.42 Å². The van der Waals surface area contributed by atoms with Gasteiger partial charge in [-0.15, -0.1) is 0 Å². The fraction of sp³-hybridized carbons (Fsp3) is 0.167. The molecule has 0 saturated heterocycles. The molecular formula is C18H14ClN3O. The Balaban J connectivity index is 1.81. The molecule has 114 valence electrons. The van der Waals surface area contributed by atoms with Gasteiger partial charge in [-0.25, -0.2) is 4.99 Å². The Bertz CT molecular complexity index is 953. The summed E-state index contributed by atoms with van der Waals surface area (Å²) >= 11 is 6.04. The number of aliphatic imine (C=N–C) groups is 1. The van der Waals surface area contributed by atoms with Crippen LogP contribution in [-0.4, -0.2) is 15.3 Å². The summed E-state index contributed by atoms with van der Waals surface area (Å²) in [5.74, 6) is 0.485. The molecule has 1 atom stereocenters. The molecule has 5 heteroatoms. The molecule has 1 aromatic carbocycles. The Morgan fingerprint density at radius 3 is 3.00 bits per heavy atom. The van der Waals surface area contributed by atoms with E-state index in [1.54, 1.807) is 0 Å². The summed E-state index contributed by atoms with van der Waals surface area (Å²) in [6.07, 6.45) is 8.48. The van der Waals surface area contributed by atoms with Crippen LogP contribution in [0.15, 0.2) is 58.4 Å². The van der Waals surface area contributed by atoms with Crippen LogP contribution in [0, 0.1) is 6.92 Å². The van der Waals surface area contributed by atoms with Crippen molar-refractivity contribution in [2.45, 2.75) is 19.4 Å². The number of benzene rings is 1. The van der Waals surface area contributed by atoms with E-state index < -0.39 is 0 Å². The number of aromatic nitrogens is 2. The average Bonchev–Trinajstić information content (AvgIpc) is 2.89. The number of hydrogen-bond donors (Lipinski definition) is 0. The predicted molar refractivity (Wildman–Crippen MR) is 91.9 cm³/mol. The van der Waals surface area contributed by atoms with Crippen molar-refractivity contribution in [2.24, 2.45) is 4.99 Å². The lowest BCUT2D eigenvalue weighted by molar-refractivity contribution is 0.720. The molecule has 1 aliphatic carbocycles. The van der Waals surface area contributed by atoms with Gasteiger partial charge in [0.1, 0.15) is 0 Å². The van der Waals surface area contributed by atoms with Gasteiger partial charge >= 0.3 is 0 Å². The topological polar surface area (TPSA) is 47.2 Å². The van der Waals surface area contributed by atoms with Crippen molar-refractivity contribution in [1.82, 2.24) is 9.55 Å². The summed E-state index contributed by atoms with van der Waals surface area (Å²) in [6.45, 7) is 1.96. The van der Waals surface area contributed by atoms with Crippen molar-refractivity contribution < 1.29 is 0 Å². The zero-order valence-electron chi connectivity index (χ0n) is 12.5. The third-order valence-electron chi connectivity index (χ3n) is 4.22. The van der Waals surface area contributed by atoms with E-state index in [1.165, 1.54) is 0 Å². The Labute approximate surface area is 138 Å². The highest BCUT2D eigenvalue weighted by molar-refractivity contribution is 6.30. The van der Waals surface area contributed by atoms with Gasteiger partial charge in [0.15, 0.2) is 0 Å². The minimum absolute atomic E-state index is 0.0289. The summed E-state index contributed by atoms with van der Waals surface area (Å²) < 4.78 is 2.02. The van der Waals surface area contributed by atoms with Crippen LogP contribution in [0.4, 0.5) is 5.95 Å². The molecule has 4 nitrogen and oxygen atoms in total. The quantitative estimate of drug-likeness (QED) is 0.848. The van der Waals surface area contributed by atoms with Crippen LogP contribution in [0.25, 0.3) is 0 Å². The fourth-order valence-corrected chi connectivity index (χ4v) is 3.30. The van der Waals surface area contributed by atoms with Crippen molar-refractivity contribution in [1.29, 1.82) is 0 Å². The Hall–Kier alpha value is -2.46. The lowest BCUT2D eigenvalue weighted by Gasteiger charge is -2.18. The molecule has 4 rings (SSSR count). The first-order valence-corrected chi connectivity index (χ1v) is 7.81. The fourth-order valence-electron chi connectivity index (χ4n) is 3.09. The van der Waals surface area contributed by atoms with Gasteiger partial charge in [-0.2, -0.15) is 4.98 Å². The van der Waals surface area contributed by atoms with E-state index in [2.05, 4.69) is 16.1 Å². The highest BCUT2D eigenvalue weighted by atomic mass is 35.5. The number of nitrogens with zero attached hydrogens (tertiary/aromatic N) is 3. The molecule has 0 bridgehead atoms. The van der Waals surface area contributed by atoms with Gasteiger partial charge in [0, 0.05) is 22.7 Å². The van der Waals surface area contributed by atoms with Gasteiger partial charge in [-0.05, 0) is 30.7 Å². The molecule has 0 spiro atoms. The number of rotatable bonds is 2. The summed E-state index contributed by atoms with van der Waals surface area (Å²) in [5.41, 5.74) is 3.30. The van der Waals surface area contributed by atoms with E-state index in [4.69, 9.17) is 11.6 Å². The Morgan fingerprint density at radius 2 is 2.17 bits per heavy atom. The molecule has 0 saturated carbocycles. The van der Waals surface area contributed by atoms with Gasteiger partial charge < -0.3 is 4.57 Å². The number of hydrogen-bond acceptors (Lipinski definition) is 3. The van der Waals surface area contributed by atoms with Crippen LogP contribution in [0.5, 0.6) is 0 Å². The van der Waals surface area contributed by atoms with E-state index in [9.17, 15) is 4.79 Å². The first kappa shape index (κ1) is 14.2. The van der Waals surface area contributed by atoms with E-state index in [0.717, 1.165) is 17.0 Å². The van der Waals surface area contributed by atoms with Crippen LogP contribution in [0.1, 0.15) is 22.9 Å². The smallest absolute Gasteiger partial charge is 0.278 e. The molecule has 0 N–H and O–H groups in total. The van der Waals surface area contributed by atoms with Crippen molar-refractivity contribution in [3.63, 3.8) is 0 Å². The van der Waals surface area contributed by atoms with Gasteiger partial charge in [0.25, 0.3) is 5.56 Å². The Kier molecular flexibility index (Phi) is 3.27. The SMILES string of the molecule is Cc1c(Cc2cccc(Cl)c2)c(=O)nc2n1C1C=CC=CC1=N2. The first-order valence-electron chi connectivity index (χ1n) is 7.43. The van der Waals surface area contributed by atoms with Crippen LogP contribution in [0.3, 0.4) is 0 Å². The highest BCUT2D eigenvalue weighted by Gasteiger charge is 2.28. The third-order valence-corrected chi connectivity index (χ3v) is 4.46. The van der Waals surface area contributed by atoms with Crippen molar-refractivity contribution in [3.05, 3.63) is 80.8 Å². The second-order valence-corrected chi connectivity index (χ2v) is 6.12. The second kappa shape index (κ2) is 5.32. The van der Waals surface area contributed by atoms with Gasteiger partial charge in [0.2, 0.25) is 5.95 Å². The highest BCUT2D eigenvalue weighted by Crippen LogP contribution is 2.31. The molecule has 1 aromatic heterocycles. The predicted octanol–water partition coefficient (Wildman–Crippen LogP) is 3.55. The number of halogens is 1. The monoisotopic (exact) mass is 323 g/mol. The zero-order chi connectivity index (χ0) is 16.0. The third kappa shape index (κ3) is 2.35. The van der Waals surface area contributed by atoms with Gasteiger partial charge in [0.05, 0.1) is 11.8 Å². The van der Waals surface area contributed by atoms with Gasteiger partial charge in [-0.3, -0.25) is 4.79 Å². The van der Waals surface area contributed by atoms with E-state index in [0.29, 0.717) is 23.0 Å². The zero-order valence-corrected chi connectivity index (χ0v) is 13.3. The van der Waals surface area contributed by atoms with Crippen LogP contribution < -0.4 is 5.56 Å². The maximum absolute atomic E-state index is 12.4. The molecule has 0 fully saturated rings. The first-order chi connectivity index (χ1) is 11.1. The molecular weight excluding hydrogens is 310 g/mol. The van der Waals surface area contributed by atoms with E-state index in [-0.39, 0.29) is 11.6 Å². The molecule has 1 aliphatic heterocycles. The largest absolute Gasteiger partial charge is 0.301 e. The molecule has 23 heavy (non-hydrogen) atoms. The molecule has 0 amide bonds. The minimum atomic E-state index is -0.218. The number of fused-ring (bicyclic) bond motifs is 3. The maximum atomic E-state index is 12.4. The minimum Gasteiger partial charge on any atom is -0.301 e. The molecule has 0 radical (unpaired) electrons. The van der Waals surface area contributed by atoms with Crippen LogP contribution >= 0.6 is 11.6 Å². The normalized spacial score (nSPS) is 17.8. The second-order valence-electron chi connectivity index (χ2n) is 5.68. The van der Waals surface area contributed by atoms with Gasteiger partial charge in [-0.1, -0.05) is 42.0 Å². The van der Waals surface area contributed by atoms with Crippen molar-refractivity contribution in [3.8, 4) is 0 Å². The molecule has 2 aliphatic rings. The summed E-state index contributed by atoms with van der Waals surface area (Å²) in [4.78, 5) is 21.1. The molecule has 1 unspecified atom stereocenters. The van der Waals surface area contributed by atoms with Crippen molar-refractivity contribution in [2.75, 3.05) is 0 Å².